The van der Waals surface area contributed by atoms with Crippen molar-refractivity contribution in [2.45, 2.75) is 11.2 Å². The van der Waals surface area contributed by atoms with Crippen LogP contribution in [0.4, 0.5) is 0 Å². The number of benzene rings is 1. The van der Waals surface area contributed by atoms with Gasteiger partial charge in [0.2, 0.25) is 0 Å². The predicted octanol–water partition coefficient (Wildman–Crippen LogP) is 2.76. The van der Waals surface area contributed by atoms with E-state index in [4.69, 9.17) is 16.7 Å². The van der Waals surface area contributed by atoms with Gasteiger partial charge in [0.05, 0.1) is 11.2 Å². The molecule has 0 heterocycles. The zero-order valence-electron chi connectivity index (χ0n) is 7.61. The predicted molar refractivity (Wildman–Crippen MR) is 60.8 cm³/mol. The summed E-state index contributed by atoms with van der Waals surface area (Å²) in [6.45, 7) is 0. The summed E-state index contributed by atoms with van der Waals surface area (Å²) in [4.78, 5) is 21.3. The van der Waals surface area contributed by atoms with Crippen molar-refractivity contribution < 1.29 is 14.7 Å². The molecule has 15 heavy (non-hydrogen) atoms. The van der Waals surface area contributed by atoms with Gasteiger partial charge in [-0.25, -0.2) is 0 Å². The molecule has 0 aliphatic carbocycles. The summed E-state index contributed by atoms with van der Waals surface area (Å²) < 4.78 is 0. The van der Waals surface area contributed by atoms with Crippen molar-refractivity contribution in [2.75, 3.05) is 0 Å². The number of carboxylic acid groups (broad SMARTS) is 1. The van der Waals surface area contributed by atoms with E-state index in [2.05, 4.69) is 15.9 Å². The minimum absolute atomic E-state index is 0.235. The first-order valence-corrected chi connectivity index (χ1v) is 5.45. The number of hydrogen-bond donors (Lipinski definition) is 1. The fraction of sp³-hybridized carbons (Fsp3) is 0.200. The molecule has 80 valence electrons. The Balaban J connectivity index is 2.76. The Morgan fingerprint density at radius 1 is 1.33 bits per heavy atom. The Morgan fingerprint density at radius 2 is 1.87 bits per heavy atom. The lowest BCUT2D eigenvalue weighted by atomic mass is 10.1. The van der Waals surface area contributed by atoms with E-state index < -0.39 is 10.8 Å². The van der Waals surface area contributed by atoms with Gasteiger partial charge >= 0.3 is 5.97 Å². The molecule has 1 rings (SSSR count). The molecule has 0 amide bonds. The number of aliphatic carboxylic acids is 1. The number of Topliss-reactive ketones (excluding diaryl/α,β-unsaturated/α-hetero) is 1. The van der Waals surface area contributed by atoms with E-state index in [0.29, 0.717) is 10.6 Å². The van der Waals surface area contributed by atoms with Gasteiger partial charge in [0.25, 0.3) is 0 Å². The molecule has 5 heteroatoms. The summed E-state index contributed by atoms with van der Waals surface area (Å²) in [5.41, 5.74) is 0.447. The van der Waals surface area contributed by atoms with Crippen molar-refractivity contribution in [1.82, 2.24) is 0 Å². The molecule has 1 atom stereocenters. The zero-order valence-corrected chi connectivity index (χ0v) is 9.96. The minimum atomic E-state index is -1.01. The van der Waals surface area contributed by atoms with Crippen molar-refractivity contribution >= 4 is 39.3 Å². The molecule has 1 N–H and O–H groups in total. The molecule has 0 fully saturated rings. The molecule has 0 saturated heterocycles. The van der Waals surface area contributed by atoms with Crippen LogP contribution in [0.25, 0.3) is 0 Å². The van der Waals surface area contributed by atoms with Crippen molar-refractivity contribution in [3.63, 3.8) is 0 Å². The molecule has 3 nitrogen and oxygen atoms in total. The Morgan fingerprint density at radius 3 is 2.33 bits per heavy atom. The highest BCUT2D eigenvalue weighted by molar-refractivity contribution is 9.10. The molecule has 0 spiro atoms. The van der Waals surface area contributed by atoms with Gasteiger partial charge in [0, 0.05) is 10.6 Å². The van der Waals surface area contributed by atoms with Crippen LogP contribution in [0, 0.1) is 0 Å². The highest BCUT2D eigenvalue weighted by Gasteiger charge is 2.19. The lowest BCUT2D eigenvalue weighted by molar-refractivity contribution is -0.136. The number of ketones is 1. The number of alkyl halides is 1. The molecule has 0 radical (unpaired) electrons. The molecule has 0 saturated carbocycles. The van der Waals surface area contributed by atoms with Crippen LogP contribution in [0.15, 0.2) is 24.3 Å². The summed E-state index contributed by atoms with van der Waals surface area (Å²) in [6, 6.07) is 6.33. The van der Waals surface area contributed by atoms with Crippen LogP contribution >= 0.6 is 27.5 Å². The monoisotopic (exact) mass is 290 g/mol. The van der Waals surface area contributed by atoms with E-state index >= 15 is 0 Å². The molecule has 0 unspecified atom stereocenters. The van der Waals surface area contributed by atoms with Crippen LogP contribution in [0.1, 0.15) is 16.8 Å². The van der Waals surface area contributed by atoms with Gasteiger partial charge in [-0.05, 0) is 24.3 Å². The van der Waals surface area contributed by atoms with E-state index in [-0.39, 0.29) is 12.2 Å². The van der Waals surface area contributed by atoms with E-state index in [1.165, 1.54) is 0 Å². The summed E-state index contributed by atoms with van der Waals surface area (Å²) in [5, 5.41) is 9.06. The maximum Gasteiger partial charge on any atom is 0.304 e. The smallest absolute Gasteiger partial charge is 0.304 e. The number of halogens is 2. The van der Waals surface area contributed by atoms with Gasteiger partial charge in [-0.2, -0.15) is 0 Å². The van der Waals surface area contributed by atoms with Crippen LogP contribution in [0.2, 0.25) is 5.02 Å². The van der Waals surface area contributed by atoms with Crippen LogP contribution in [0.5, 0.6) is 0 Å². The van der Waals surface area contributed by atoms with E-state index in [1.807, 2.05) is 0 Å². The Labute approximate surface area is 100 Å². The Kier molecular flexibility index (Phi) is 4.29. The average molecular weight is 292 g/mol. The van der Waals surface area contributed by atoms with E-state index in [9.17, 15) is 9.59 Å². The first-order valence-electron chi connectivity index (χ1n) is 4.16. The van der Waals surface area contributed by atoms with Gasteiger partial charge in [-0.15, -0.1) is 0 Å². The third-order valence-electron chi connectivity index (χ3n) is 1.77. The maximum absolute atomic E-state index is 11.6. The van der Waals surface area contributed by atoms with Gasteiger partial charge in [0.15, 0.2) is 5.78 Å². The van der Waals surface area contributed by atoms with Crippen molar-refractivity contribution in [1.29, 1.82) is 0 Å². The molecular weight excluding hydrogens is 283 g/mol. The van der Waals surface area contributed by atoms with E-state index in [0.717, 1.165) is 0 Å². The standard InChI is InChI=1S/C10H8BrClO3/c11-8(5-9(13)14)10(15)6-1-3-7(12)4-2-6/h1-4,8H,5H2,(H,13,14)/t8-/m0/s1. The summed E-state index contributed by atoms with van der Waals surface area (Å²) in [6.07, 6.45) is -0.235. The van der Waals surface area contributed by atoms with Crippen LogP contribution in [0.3, 0.4) is 0 Å². The number of hydrogen-bond acceptors (Lipinski definition) is 2. The maximum atomic E-state index is 11.6. The largest absolute Gasteiger partial charge is 0.481 e. The van der Waals surface area contributed by atoms with Gasteiger partial charge in [0.1, 0.15) is 0 Å². The SMILES string of the molecule is O=C(O)C[C@H](Br)C(=O)c1ccc(Cl)cc1. The Hall–Kier alpha value is -0.870. The number of carbonyl (C=O) groups is 2. The second-order valence-corrected chi connectivity index (χ2v) is 4.48. The fourth-order valence-corrected chi connectivity index (χ4v) is 1.71. The molecule has 1 aromatic carbocycles. The van der Waals surface area contributed by atoms with Gasteiger partial charge < -0.3 is 5.11 Å². The fourth-order valence-electron chi connectivity index (χ4n) is 1.04. The van der Waals surface area contributed by atoms with Crippen LogP contribution < -0.4 is 0 Å². The first kappa shape index (κ1) is 12.2. The number of rotatable bonds is 4. The molecular formula is C10H8BrClO3. The molecule has 0 aromatic heterocycles. The molecule has 0 bridgehead atoms. The van der Waals surface area contributed by atoms with Crippen molar-refractivity contribution in [2.24, 2.45) is 0 Å². The van der Waals surface area contributed by atoms with Crippen molar-refractivity contribution in [3.8, 4) is 0 Å². The summed E-state index contributed by atoms with van der Waals surface area (Å²) in [5.74, 6) is -1.27. The number of carboxylic acids is 1. The van der Waals surface area contributed by atoms with E-state index in [1.54, 1.807) is 24.3 Å². The lowest BCUT2D eigenvalue weighted by Crippen LogP contribution is -2.17. The van der Waals surface area contributed by atoms with Crippen molar-refractivity contribution in [3.05, 3.63) is 34.9 Å². The normalized spacial score (nSPS) is 12.1. The quantitative estimate of drug-likeness (QED) is 0.685. The molecule has 0 aliphatic heterocycles. The minimum Gasteiger partial charge on any atom is -0.481 e. The third-order valence-corrected chi connectivity index (χ3v) is 2.76. The summed E-state index contributed by atoms with van der Waals surface area (Å²) in [7, 11) is 0. The second kappa shape index (κ2) is 5.28. The first-order chi connectivity index (χ1) is 7.00. The third kappa shape index (κ3) is 3.64. The van der Waals surface area contributed by atoms with Crippen LogP contribution in [-0.2, 0) is 4.79 Å². The molecule has 1 aromatic rings. The number of carbonyl (C=O) groups excluding carboxylic acids is 1. The molecule has 0 aliphatic rings. The zero-order chi connectivity index (χ0) is 11.4. The average Bonchev–Trinajstić information content (AvgIpc) is 2.17. The highest BCUT2D eigenvalue weighted by Crippen LogP contribution is 2.16. The Bertz CT molecular complexity index is 375. The second-order valence-electron chi connectivity index (χ2n) is 2.94. The van der Waals surface area contributed by atoms with Gasteiger partial charge in [-0.1, -0.05) is 27.5 Å². The lowest BCUT2D eigenvalue weighted by Gasteiger charge is -2.05. The highest BCUT2D eigenvalue weighted by atomic mass is 79.9. The topological polar surface area (TPSA) is 54.4 Å². The summed E-state index contributed by atoms with van der Waals surface area (Å²) >= 11 is 8.70. The van der Waals surface area contributed by atoms with Crippen LogP contribution in [-0.4, -0.2) is 21.7 Å². The van der Waals surface area contributed by atoms with Gasteiger partial charge in [-0.3, -0.25) is 9.59 Å².